The van der Waals surface area contributed by atoms with Gasteiger partial charge in [-0.3, -0.25) is 19.2 Å². The maximum absolute atomic E-state index is 12.9. The van der Waals surface area contributed by atoms with Crippen LogP contribution >= 0.6 is 0 Å². The number of aliphatic carboxylic acids is 2. The molecule has 0 radical (unpaired) electrons. The van der Waals surface area contributed by atoms with E-state index in [-0.39, 0.29) is 24.8 Å². The van der Waals surface area contributed by atoms with E-state index in [9.17, 15) is 19.2 Å². The number of amides is 2. The highest BCUT2D eigenvalue weighted by molar-refractivity contribution is 5.94. The number of hydrogen-bond acceptors (Lipinski definition) is 4. The molecule has 0 aliphatic rings. The van der Waals surface area contributed by atoms with Gasteiger partial charge in [0.25, 0.3) is 5.91 Å². The summed E-state index contributed by atoms with van der Waals surface area (Å²) in [6.07, 6.45) is 17.3. The molecule has 1 aromatic carbocycles. The molecule has 3 N–H and O–H groups in total. The molecule has 0 aromatic heterocycles. The van der Waals surface area contributed by atoms with Crippen molar-refractivity contribution in [3.63, 3.8) is 0 Å². The Morgan fingerprint density at radius 3 is 1.55 bits per heavy atom. The van der Waals surface area contributed by atoms with Crippen LogP contribution in [0, 0.1) is 0 Å². The Hall–Kier alpha value is -2.90. The second-order valence-corrected chi connectivity index (χ2v) is 10.8. The highest BCUT2D eigenvalue weighted by atomic mass is 16.4. The van der Waals surface area contributed by atoms with E-state index >= 15 is 0 Å². The lowest BCUT2D eigenvalue weighted by molar-refractivity contribution is -0.139. The first-order valence-electron chi connectivity index (χ1n) is 15.4. The topological polar surface area (TPSA) is 124 Å². The Kier molecular flexibility index (Phi) is 20.1. The minimum absolute atomic E-state index is 0.0205. The van der Waals surface area contributed by atoms with Gasteiger partial charge in [0, 0.05) is 38.0 Å². The standard InChI is InChI=1S/C32H52N2O6/c1-2-24-33-32(40)28-21-19-27(20-22-28)26-34(25-23-31(38)39)29(35)17-15-13-11-9-7-5-3-4-6-8-10-12-14-16-18-30(36)37/h19-22H,2-18,23-26H2,1H3,(H,33,40)(H,36,37)(H,38,39). The molecular formula is C32H52N2O6. The molecule has 0 fully saturated rings. The molecule has 8 heteroatoms. The lowest BCUT2D eigenvalue weighted by Gasteiger charge is -2.22. The summed E-state index contributed by atoms with van der Waals surface area (Å²) >= 11 is 0. The molecule has 40 heavy (non-hydrogen) atoms. The summed E-state index contributed by atoms with van der Waals surface area (Å²) in [5.41, 5.74) is 1.45. The van der Waals surface area contributed by atoms with Gasteiger partial charge in [0.15, 0.2) is 0 Å². The monoisotopic (exact) mass is 560 g/mol. The van der Waals surface area contributed by atoms with Crippen molar-refractivity contribution < 1.29 is 29.4 Å². The molecule has 0 aliphatic heterocycles. The molecule has 0 atom stereocenters. The van der Waals surface area contributed by atoms with E-state index < -0.39 is 11.9 Å². The van der Waals surface area contributed by atoms with E-state index in [4.69, 9.17) is 10.2 Å². The van der Waals surface area contributed by atoms with Gasteiger partial charge in [-0.15, -0.1) is 0 Å². The summed E-state index contributed by atoms with van der Waals surface area (Å²) < 4.78 is 0. The van der Waals surface area contributed by atoms with Crippen LogP contribution in [0.25, 0.3) is 0 Å². The summed E-state index contributed by atoms with van der Waals surface area (Å²) in [5, 5.41) is 20.6. The van der Waals surface area contributed by atoms with Crippen molar-refractivity contribution in [1.82, 2.24) is 10.2 Å². The van der Waals surface area contributed by atoms with Crippen molar-refractivity contribution in [3.8, 4) is 0 Å². The van der Waals surface area contributed by atoms with Gasteiger partial charge in [-0.05, 0) is 37.0 Å². The molecule has 0 saturated carbocycles. The maximum atomic E-state index is 12.9. The van der Waals surface area contributed by atoms with Gasteiger partial charge in [-0.2, -0.15) is 0 Å². The Morgan fingerprint density at radius 2 is 1.10 bits per heavy atom. The summed E-state index contributed by atoms with van der Waals surface area (Å²) in [7, 11) is 0. The van der Waals surface area contributed by atoms with E-state index in [0.717, 1.165) is 50.5 Å². The number of nitrogens with zero attached hydrogens (tertiary/aromatic N) is 1. The number of rotatable bonds is 25. The number of benzene rings is 1. The van der Waals surface area contributed by atoms with Crippen molar-refractivity contribution in [3.05, 3.63) is 35.4 Å². The van der Waals surface area contributed by atoms with Crippen molar-refractivity contribution in [1.29, 1.82) is 0 Å². The van der Waals surface area contributed by atoms with Crippen LogP contribution in [0.5, 0.6) is 0 Å². The lowest BCUT2D eigenvalue weighted by atomic mass is 10.0. The third kappa shape index (κ3) is 18.4. The molecule has 0 bridgehead atoms. The first kappa shape index (κ1) is 35.1. The quantitative estimate of drug-likeness (QED) is 0.111. The molecule has 0 unspecified atom stereocenters. The van der Waals surface area contributed by atoms with Crippen LogP contribution in [0.2, 0.25) is 0 Å². The summed E-state index contributed by atoms with van der Waals surface area (Å²) in [6.45, 7) is 3.14. The van der Waals surface area contributed by atoms with Crippen LogP contribution in [-0.4, -0.2) is 52.0 Å². The SMILES string of the molecule is CCCNC(=O)c1ccc(CN(CCC(=O)O)C(=O)CCCCCCCCCCCCCCCCC(=O)O)cc1. The van der Waals surface area contributed by atoms with Gasteiger partial charge in [-0.1, -0.05) is 96.1 Å². The smallest absolute Gasteiger partial charge is 0.305 e. The summed E-state index contributed by atoms with van der Waals surface area (Å²) in [4.78, 5) is 48.2. The van der Waals surface area contributed by atoms with E-state index in [0.29, 0.717) is 31.5 Å². The van der Waals surface area contributed by atoms with Gasteiger partial charge >= 0.3 is 11.9 Å². The van der Waals surface area contributed by atoms with Crippen molar-refractivity contribution in [2.45, 2.75) is 129 Å². The highest BCUT2D eigenvalue weighted by Crippen LogP contribution is 2.15. The fraction of sp³-hybridized carbons (Fsp3) is 0.688. The Labute approximate surface area is 240 Å². The molecule has 2 amide bonds. The average Bonchev–Trinajstić information content (AvgIpc) is 2.93. The van der Waals surface area contributed by atoms with Crippen LogP contribution in [0.1, 0.15) is 138 Å². The van der Waals surface area contributed by atoms with Crippen molar-refractivity contribution >= 4 is 23.8 Å². The Bertz CT molecular complexity index is 855. The second kappa shape index (κ2) is 22.9. The molecule has 1 rings (SSSR count). The van der Waals surface area contributed by atoms with Crippen molar-refractivity contribution in [2.24, 2.45) is 0 Å². The van der Waals surface area contributed by atoms with Crippen LogP contribution < -0.4 is 5.32 Å². The zero-order chi connectivity index (χ0) is 29.4. The molecule has 0 heterocycles. The second-order valence-electron chi connectivity index (χ2n) is 10.8. The average molecular weight is 561 g/mol. The van der Waals surface area contributed by atoms with E-state index in [1.165, 1.54) is 51.4 Å². The Balaban J connectivity index is 2.20. The number of carbonyl (C=O) groups excluding carboxylic acids is 2. The third-order valence-electron chi connectivity index (χ3n) is 7.10. The molecule has 8 nitrogen and oxygen atoms in total. The van der Waals surface area contributed by atoms with Crippen LogP contribution in [-0.2, 0) is 20.9 Å². The predicted octanol–water partition coefficient (Wildman–Crippen LogP) is 6.96. The van der Waals surface area contributed by atoms with Gasteiger partial charge in [0.1, 0.15) is 0 Å². The maximum Gasteiger partial charge on any atom is 0.305 e. The summed E-state index contributed by atoms with van der Waals surface area (Å²) in [6, 6.07) is 7.14. The zero-order valence-electron chi connectivity index (χ0n) is 24.6. The fourth-order valence-corrected chi connectivity index (χ4v) is 4.68. The highest BCUT2D eigenvalue weighted by Gasteiger charge is 2.15. The first-order valence-corrected chi connectivity index (χ1v) is 15.4. The van der Waals surface area contributed by atoms with Gasteiger partial charge in [-0.25, -0.2) is 0 Å². The predicted molar refractivity (Wildman–Crippen MR) is 158 cm³/mol. The lowest BCUT2D eigenvalue weighted by Crippen LogP contribution is -2.32. The Morgan fingerprint density at radius 1 is 0.650 bits per heavy atom. The molecule has 0 aliphatic carbocycles. The number of unbranched alkanes of at least 4 members (excludes halogenated alkanes) is 13. The fourth-order valence-electron chi connectivity index (χ4n) is 4.68. The number of carboxylic acid groups (broad SMARTS) is 2. The minimum Gasteiger partial charge on any atom is -0.481 e. The van der Waals surface area contributed by atoms with Gasteiger partial charge in [0.2, 0.25) is 5.91 Å². The molecule has 1 aromatic rings. The van der Waals surface area contributed by atoms with Gasteiger partial charge < -0.3 is 20.4 Å². The number of hydrogen-bond donors (Lipinski definition) is 3. The number of carbonyl (C=O) groups is 4. The molecular weight excluding hydrogens is 508 g/mol. The first-order chi connectivity index (χ1) is 19.3. The number of carboxylic acids is 2. The van der Waals surface area contributed by atoms with Gasteiger partial charge in [0.05, 0.1) is 6.42 Å². The van der Waals surface area contributed by atoms with Crippen LogP contribution in [0.4, 0.5) is 0 Å². The third-order valence-corrected chi connectivity index (χ3v) is 7.10. The molecule has 226 valence electrons. The normalized spacial score (nSPS) is 10.8. The van der Waals surface area contributed by atoms with Crippen LogP contribution in [0.15, 0.2) is 24.3 Å². The van der Waals surface area contributed by atoms with Crippen LogP contribution in [0.3, 0.4) is 0 Å². The zero-order valence-corrected chi connectivity index (χ0v) is 24.6. The van der Waals surface area contributed by atoms with E-state index in [1.807, 2.05) is 19.1 Å². The largest absolute Gasteiger partial charge is 0.481 e. The van der Waals surface area contributed by atoms with E-state index in [2.05, 4.69) is 5.32 Å². The molecule has 0 saturated heterocycles. The van der Waals surface area contributed by atoms with Crippen molar-refractivity contribution in [2.75, 3.05) is 13.1 Å². The number of nitrogens with one attached hydrogen (secondary N) is 1. The minimum atomic E-state index is -0.922. The molecule has 0 spiro atoms. The summed E-state index contributed by atoms with van der Waals surface area (Å²) in [5.74, 6) is -1.76. The van der Waals surface area contributed by atoms with E-state index in [1.54, 1.807) is 17.0 Å².